The second kappa shape index (κ2) is 6.50. The van der Waals surface area contributed by atoms with E-state index in [1.807, 2.05) is 0 Å². The largest absolute Gasteiger partial charge is 0.465 e. The Labute approximate surface area is 123 Å². The predicted octanol–water partition coefficient (Wildman–Crippen LogP) is -0.491. The number of esters is 1. The van der Waals surface area contributed by atoms with Crippen LogP contribution in [-0.4, -0.2) is 64.4 Å². The normalized spacial score (nSPS) is 20.0. The molecule has 0 bridgehead atoms. The Bertz CT molecular complexity index is 573. The van der Waals surface area contributed by atoms with Gasteiger partial charge in [0.15, 0.2) is 0 Å². The van der Waals surface area contributed by atoms with E-state index in [-0.39, 0.29) is 13.2 Å². The zero-order valence-electron chi connectivity index (χ0n) is 12.0. The van der Waals surface area contributed by atoms with Crippen molar-refractivity contribution in [2.75, 3.05) is 20.2 Å². The zero-order valence-corrected chi connectivity index (χ0v) is 12.8. The maximum absolute atomic E-state index is 12.6. The first-order valence-corrected chi connectivity index (χ1v) is 8.10. The van der Waals surface area contributed by atoms with E-state index in [0.29, 0.717) is 25.2 Å². The lowest BCUT2D eigenvalue weighted by molar-refractivity contribution is -0.146. The fourth-order valence-electron chi connectivity index (χ4n) is 2.27. The van der Waals surface area contributed by atoms with E-state index in [0.717, 1.165) is 4.31 Å². The van der Waals surface area contributed by atoms with Gasteiger partial charge in [0.2, 0.25) is 0 Å². The standard InChI is InChI=1S/C11H19N5O4S/c1-3-20-11(17)9-5-4-6-16(9)21(18,19)15(2)7-10-12-8-13-14-10/h8-9H,3-7H2,1-2H3,(H,12,13,14). The molecule has 0 spiro atoms. The molecule has 1 aromatic heterocycles. The third kappa shape index (κ3) is 3.39. The van der Waals surface area contributed by atoms with E-state index in [4.69, 9.17) is 4.74 Å². The minimum Gasteiger partial charge on any atom is -0.465 e. The van der Waals surface area contributed by atoms with Crippen LogP contribution in [0.15, 0.2) is 6.33 Å². The number of nitrogens with zero attached hydrogens (tertiary/aromatic N) is 4. The highest BCUT2D eigenvalue weighted by Crippen LogP contribution is 2.24. The molecule has 1 aliphatic rings. The number of rotatable bonds is 6. The Morgan fingerprint density at radius 2 is 2.38 bits per heavy atom. The molecule has 21 heavy (non-hydrogen) atoms. The van der Waals surface area contributed by atoms with Gasteiger partial charge in [0.05, 0.1) is 13.2 Å². The van der Waals surface area contributed by atoms with E-state index in [1.165, 1.54) is 17.7 Å². The van der Waals surface area contributed by atoms with Crippen LogP contribution in [0.25, 0.3) is 0 Å². The first-order valence-electron chi connectivity index (χ1n) is 6.70. The van der Waals surface area contributed by atoms with Crippen molar-refractivity contribution < 1.29 is 17.9 Å². The SMILES string of the molecule is CCOC(=O)C1CCCN1S(=O)(=O)N(C)Cc1ncn[nH]1. The average Bonchev–Trinajstić information content (AvgIpc) is 3.09. The lowest BCUT2D eigenvalue weighted by Gasteiger charge is -2.27. The van der Waals surface area contributed by atoms with E-state index in [9.17, 15) is 13.2 Å². The second-order valence-corrected chi connectivity index (χ2v) is 6.70. The molecular weight excluding hydrogens is 298 g/mol. The molecule has 1 saturated heterocycles. The second-order valence-electron chi connectivity index (χ2n) is 4.72. The van der Waals surface area contributed by atoms with Crippen LogP contribution in [0.5, 0.6) is 0 Å². The van der Waals surface area contributed by atoms with Crippen molar-refractivity contribution in [1.82, 2.24) is 23.8 Å². The van der Waals surface area contributed by atoms with Gasteiger partial charge in [-0.2, -0.15) is 22.1 Å². The quantitative estimate of drug-likeness (QED) is 0.709. The molecule has 0 aromatic carbocycles. The molecule has 10 heteroatoms. The smallest absolute Gasteiger partial charge is 0.324 e. The zero-order chi connectivity index (χ0) is 15.5. The van der Waals surface area contributed by atoms with Gasteiger partial charge in [0.1, 0.15) is 18.2 Å². The number of aromatic amines is 1. The molecule has 1 fully saturated rings. The molecule has 0 radical (unpaired) electrons. The number of H-pyrrole nitrogens is 1. The van der Waals surface area contributed by atoms with Gasteiger partial charge in [-0.3, -0.25) is 9.89 Å². The molecule has 1 unspecified atom stereocenters. The van der Waals surface area contributed by atoms with Crippen LogP contribution in [-0.2, 0) is 26.3 Å². The third-order valence-electron chi connectivity index (χ3n) is 3.29. The van der Waals surface area contributed by atoms with Crippen LogP contribution >= 0.6 is 0 Å². The van der Waals surface area contributed by atoms with Crippen molar-refractivity contribution in [1.29, 1.82) is 0 Å². The third-order valence-corrected chi connectivity index (χ3v) is 5.24. The van der Waals surface area contributed by atoms with Crippen LogP contribution in [0.3, 0.4) is 0 Å². The first-order chi connectivity index (χ1) is 9.96. The summed E-state index contributed by atoms with van der Waals surface area (Å²) >= 11 is 0. The molecule has 0 saturated carbocycles. The summed E-state index contributed by atoms with van der Waals surface area (Å²) in [5, 5.41) is 6.28. The number of ether oxygens (including phenoxy) is 1. The topological polar surface area (TPSA) is 108 Å². The summed E-state index contributed by atoms with van der Waals surface area (Å²) in [7, 11) is -2.31. The summed E-state index contributed by atoms with van der Waals surface area (Å²) in [6, 6.07) is -0.743. The summed E-state index contributed by atoms with van der Waals surface area (Å²) in [5.74, 6) is -0.0559. The highest BCUT2D eigenvalue weighted by atomic mass is 32.2. The van der Waals surface area contributed by atoms with Crippen molar-refractivity contribution in [2.24, 2.45) is 0 Å². The van der Waals surface area contributed by atoms with E-state index in [2.05, 4.69) is 15.2 Å². The van der Waals surface area contributed by atoms with Crippen molar-refractivity contribution in [3.8, 4) is 0 Å². The molecular formula is C11H19N5O4S. The van der Waals surface area contributed by atoms with Gasteiger partial charge in [-0.05, 0) is 19.8 Å². The summed E-state index contributed by atoms with van der Waals surface area (Å²) < 4.78 is 32.4. The van der Waals surface area contributed by atoms with E-state index >= 15 is 0 Å². The lowest BCUT2D eigenvalue weighted by atomic mass is 10.2. The fourth-order valence-corrected chi connectivity index (χ4v) is 3.79. The average molecular weight is 317 g/mol. The van der Waals surface area contributed by atoms with Gasteiger partial charge in [0, 0.05) is 13.6 Å². The number of nitrogens with one attached hydrogen (secondary N) is 1. The van der Waals surface area contributed by atoms with Crippen molar-refractivity contribution in [2.45, 2.75) is 32.4 Å². The first kappa shape index (κ1) is 15.9. The maximum atomic E-state index is 12.6. The predicted molar refractivity (Wildman–Crippen MR) is 73.1 cm³/mol. The molecule has 9 nitrogen and oxygen atoms in total. The lowest BCUT2D eigenvalue weighted by Crippen LogP contribution is -2.47. The van der Waals surface area contributed by atoms with Gasteiger partial charge in [-0.1, -0.05) is 0 Å². The van der Waals surface area contributed by atoms with Crippen LogP contribution in [0.4, 0.5) is 0 Å². The van der Waals surface area contributed by atoms with Gasteiger partial charge >= 0.3 is 5.97 Å². The van der Waals surface area contributed by atoms with Crippen LogP contribution in [0.1, 0.15) is 25.6 Å². The summed E-state index contributed by atoms with van der Waals surface area (Å²) in [6.45, 7) is 2.31. The van der Waals surface area contributed by atoms with Crippen molar-refractivity contribution in [3.05, 3.63) is 12.2 Å². The molecule has 118 valence electrons. The van der Waals surface area contributed by atoms with Crippen LogP contribution in [0.2, 0.25) is 0 Å². The molecule has 0 amide bonds. The Morgan fingerprint density at radius 3 is 3.00 bits per heavy atom. The number of hydrogen-bond acceptors (Lipinski definition) is 6. The fraction of sp³-hybridized carbons (Fsp3) is 0.727. The molecule has 2 rings (SSSR count). The molecule has 1 N–H and O–H groups in total. The minimum absolute atomic E-state index is 0.0639. The molecule has 1 aromatic rings. The molecule has 1 aliphatic heterocycles. The van der Waals surface area contributed by atoms with E-state index < -0.39 is 22.2 Å². The minimum atomic E-state index is -3.75. The summed E-state index contributed by atoms with van der Waals surface area (Å²) in [5.41, 5.74) is 0. The van der Waals surface area contributed by atoms with Crippen molar-refractivity contribution >= 4 is 16.2 Å². The molecule has 1 atom stereocenters. The van der Waals surface area contributed by atoms with Crippen molar-refractivity contribution in [3.63, 3.8) is 0 Å². The van der Waals surface area contributed by atoms with Crippen LogP contribution < -0.4 is 0 Å². The van der Waals surface area contributed by atoms with Gasteiger partial charge in [-0.15, -0.1) is 0 Å². The molecule has 2 heterocycles. The molecule has 0 aliphatic carbocycles. The Morgan fingerprint density at radius 1 is 1.62 bits per heavy atom. The highest BCUT2D eigenvalue weighted by Gasteiger charge is 2.41. The Kier molecular flexibility index (Phi) is 4.91. The summed E-state index contributed by atoms with van der Waals surface area (Å²) in [6.07, 6.45) is 2.43. The van der Waals surface area contributed by atoms with E-state index in [1.54, 1.807) is 6.92 Å². The highest BCUT2D eigenvalue weighted by molar-refractivity contribution is 7.86. The van der Waals surface area contributed by atoms with Gasteiger partial charge < -0.3 is 4.74 Å². The monoisotopic (exact) mass is 317 g/mol. The number of carbonyl (C=O) groups is 1. The maximum Gasteiger partial charge on any atom is 0.324 e. The summed E-state index contributed by atoms with van der Waals surface area (Å²) in [4.78, 5) is 15.8. The Balaban J connectivity index is 2.12. The van der Waals surface area contributed by atoms with Gasteiger partial charge in [0.25, 0.3) is 10.2 Å². The number of carbonyl (C=O) groups excluding carboxylic acids is 1. The number of hydrogen-bond donors (Lipinski definition) is 1. The Hall–Kier alpha value is -1.52. The van der Waals surface area contributed by atoms with Crippen LogP contribution in [0, 0.1) is 0 Å². The number of aromatic nitrogens is 3. The van der Waals surface area contributed by atoms with Gasteiger partial charge in [-0.25, -0.2) is 4.98 Å².